The van der Waals surface area contributed by atoms with Crippen molar-refractivity contribution >= 4 is 40.5 Å². The predicted molar refractivity (Wildman–Crippen MR) is 91.0 cm³/mol. The second-order valence-corrected chi connectivity index (χ2v) is 5.61. The molecule has 1 N–H and O–H groups in total. The molecule has 128 valence electrons. The number of rotatable bonds is 4. The Morgan fingerprint density at radius 1 is 1.32 bits per heavy atom. The number of carbonyl (C=O) groups is 2. The van der Waals surface area contributed by atoms with Crippen LogP contribution in [0.15, 0.2) is 42.5 Å². The molecule has 1 aliphatic rings. The van der Waals surface area contributed by atoms with Crippen molar-refractivity contribution in [3.05, 3.63) is 57.6 Å². The highest BCUT2D eigenvalue weighted by molar-refractivity contribution is 6.33. The lowest BCUT2D eigenvalue weighted by Crippen LogP contribution is -2.43. The highest BCUT2D eigenvalue weighted by Gasteiger charge is 2.27. The Kier molecular flexibility index (Phi) is 4.53. The first kappa shape index (κ1) is 16.7. The minimum Gasteiger partial charge on any atom is -0.482 e. The highest BCUT2D eigenvalue weighted by Crippen LogP contribution is 2.31. The summed E-state index contributed by atoms with van der Waals surface area (Å²) in [5, 5.41) is 13.5. The van der Waals surface area contributed by atoms with Gasteiger partial charge in [0.2, 0.25) is 5.91 Å². The zero-order valence-electron chi connectivity index (χ0n) is 12.8. The molecule has 0 atom stereocenters. The molecule has 0 saturated carbocycles. The van der Waals surface area contributed by atoms with Crippen LogP contribution in [-0.4, -0.2) is 29.9 Å². The van der Waals surface area contributed by atoms with Gasteiger partial charge in [0.15, 0.2) is 6.61 Å². The lowest BCUT2D eigenvalue weighted by molar-refractivity contribution is -0.384. The molecule has 0 spiro atoms. The minimum atomic E-state index is -0.590. The summed E-state index contributed by atoms with van der Waals surface area (Å²) >= 11 is 5.96. The number of carbonyl (C=O) groups excluding carboxylic acids is 2. The third kappa shape index (κ3) is 3.53. The first-order chi connectivity index (χ1) is 12.0. The molecular formula is C16H12ClN3O5. The number of halogens is 1. The van der Waals surface area contributed by atoms with E-state index in [1.165, 1.54) is 17.0 Å². The van der Waals surface area contributed by atoms with E-state index >= 15 is 0 Å². The maximum Gasteiger partial charge on any atom is 0.271 e. The van der Waals surface area contributed by atoms with E-state index in [2.05, 4.69) is 5.32 Å². The van der Waals surface area contributed by atoms with E-state index in [4.69, 9.17) is 16.3 Å². The first-order valence-electron chi connectivity index (χ1n) is 7.21. The number of fused-ring (bicyclic) bond motifs is 1. The van der Waals surface area contributed by atoms with Crippen LogP contribution in [0.4, 0.5) is 17.1 Å². The number of anilines is 2. The number of non-ortho nitro benzene ring substituents is 1. The van der Waals surface area contributed by atoms with Crippen LogP contribution in [-0.2, 0) is 9.59 Å². The summed E-state index contributed by atoms with van der Waals surface area (Å²) in [6, 6.07) is 10.6. The van der Waals surface area contributed by atoms with Gasteiger partial charge in [-0.2, -0.15) is 0 Å². The maximum atomic E-state index is 12.3. The summed E-state index contributed by atoms with van der Waals surface area (Å²) < 4.78 is 5.31. The van der Waals surface area contributed by atoms with Gasteiger partial charge in [-0.05, 0) is 18.2 Å². The fourth-order valence-electron chi connectivity index (χ4n) is 2.38. The summed E-state index contributed by atoms with van der Waals surface area (Å²) in [4.78, 5) is 35.9. The van der Waals surface area contributed by atoms with E-state index < -0.39 is 10.8 Å². The van der Waals surface area contributed by atoms with Crippen molar-refractivity contribution in [3.8, 4) is 5.75 Å². The van der Waals surface area contributed by atoms with Crippen LogP contribution in [0.25, 0.3) is 0 Å². The SMILES string of the molecule is O=C(CN1C(=O)COc2ccccc21)Nc1cc([N+](=O)[O-])ccc1Cl. The Hall–Kier alpha value is -3.13. The van der Waals surface area contributed by atoms with Gasteiger partial charge < -0.3 is 10.1 Å². The van der Waals surface area contributed by atoms with Crippen molar-refractivity contribution in [2.75, 3.05) is 23.4 Å². The maximum absolute atomic E-state index is 12.3. The summed E-state index contributed by atoms with van der Waals surface area (Å²) in [7, 11) is 0. The van der Waals surface area contributed by atoms with Gasteiger partial charge in [-0.3, -0.25) is 24.6 Å². The summed E-state index contributed by atoms with van der Waals surface area (Å²) in [6.07, 6.45) is 0. The van der Waals surface area contributed by atoms with Crippen LogP contribution in [0, 0.1) is 10.1 Å². The molecular weight excluding hydrogens is 350 g/mol. The van der Waals surface area contributed by atoms with Crippen LogP contribution in [0.3, 0.4) is 0 Å². The average molecular weight is 362 g/mol. The summed E-state index contributed by atoms with van der Waals surface area (Å²) in [5.41, 5.74) is 0.390. The fraction of sp³-hybridized carbons (Fsp3) is 0.125. The number of hydrogen-bond acceptors (Lipinski definition) is 5. The molecule has 0 bridgehead atoms. The minimum absolute atomic E-state index is 0.106. The van der Waals surface area contributed by atoms with E-state index in [0.29, 0.717) is 11.4 Å². The average Bonchev–Trinajstić information content (AvgIpc) is 2.59. The third-order valence-electron chi connectivity index (χ3n) is 3.54. The van der Waals surface area contributed by atoms with E-state index in [-0.39, 0.29) is 35.5 Å². The van der Waals surface area contributed by atoms with Crippen LogP contribution in [0.2, 0.25) is 5.02 Å². The molecule has 3 rings (SSSR count). The van der Waals surface area contributed by atoms with Gasteiger partial charge in [-0.15, -0.1) is 0 Å². The Morgan fingerprint density at radius 2 is 2.08 bits per heavy atom. The van der Waals surface area contributed by atoms with E-state index in [9.17, 15) is 19.7 Å². The molecule has 0 aliphatic carbocycles. The van der Waals surface area contributed by atoms with Gasteiger partial charge in [0.25, 0.3) is 11.6 Å². The smallest absolute Gasteiger partial charge is 0.271 e. The number of nitro groups is 1. The van der Waals surface area contributed by atoms with Crippen molar-refractivity contribution in [2.45, 2.75) is 0 Å². The molecule has 2 amide bonds. The molecule has 8 nitrogen and oxygen atoms in total. The Labute approximate surface area is 147 Å². The van der Waals surface area contributed by atoms with E-state index in [0.717, 1.165) is 6.07 Å². The molecule has 1 aliphatic heterocycles. The molecule has 9 heteroatoms. The lowest BCUT2D eigenvalue weighted by Gasteiger charge is -2.28. The molecule has 0 unspecified atom stereocenters. The standard InChI is InChI=1S/C16H12ClN3O5/c17-11-6-5-10(20(23)24)7-12(11)18-15(21)8-19-13-3-1-2-4-14(13)25-9-16(19)22/h1-7H,8-9H2,(H,18,21). The monoisotopic (exact) mass is 361 g/mol. The number of amides is 2. The highest BCUT2D eigenvalue weighted by atomic mass is 35.5. The normalized spacial score (nSPS) is 13.0. The molecule has 2 aromatic rings. The molecule has 25 heavy (non-hydrogen) atoms. The number of benzene rings is 2. The summed E-state index contributed by atoms with van der Waals surface area (Å²) in [6.45, 7) is -0.430. The van der Waals surface area contributed by atoms with Crippen molar-refractivity contribution in [1.82, 2.24) is 0 Å². The number of ether oxygens (including phenoxy) is 1. The number of nitro benzene ring substituents is 1. The van der Waals surface area contributed by atoms with Crippen molar-refractivity contribution in [2.24, 2.45) is 0 Å². The zero-order chi connectivity index (χ0) is 18.0. The van der Waals surface area contributed by atoms with Crippen molar-refractivity contribution in [3.63, 3.8) is 0 Å². The number of nitrogens with zero attached hydrogens (tertiary/aromatic N) is 2. The van der Waals surface area contributed by atoms with Crippen LogP contribution < -0.4 is 15.0 Å². The quantitative estimate of drug-likeness (QED) is 0.666. The molecule has 0 radical (unpaired) electrons. The summed E-state index contributed by atoms with van der Waals surface area (Å²) in [5.74, 6) is -0.394. The van der Waals surface area contributed by atoms with Crippen molar-refractivity contribution < 1.29 is 19.2 Å². The van der Waals surface area contributed by atoms with Gasteiger partial charge in [-0.25, -0.2) is 0 Å². The number of nitrogens with one attached hydrogen (secondary N) is 1. The van der Waals surface area contributed by atoms with Gasteiger partial charge >= 0.3 is 0 Å². The number of hydrogen-bond donors (Lipinski definition) is 1. The van der Waals surface area contributed by atoms with Crippen LogP contribution in [0.1, 0.15) is 0 Å². The Morgan fingerprint density at radius 3 is 2.84 bits per heavy atom. The van der Waals surface area contributed by atoms with E-state index in [1.54, 1.807) is 24.3 Å². The second-order valence-electron chi connectivity index (χ2n) is 5.21. The fourth-order valence-corrected chi connectivity index (χ4v) is 2.55. The van der Waals surface area contributed by atoms with Crippen LogP contribution >= 0.6 is 11.6 Å². The predicted octanol–water partition coefficient (Wildman–Crippen LogP) is 2.61. The zero-order valence-corrected chi connectivity index (χ0v) is 13.5. The molecule has 2 aromatic carbocycles. The van der Waals surface area contributed by atoms with Gasteiger partial charge in [0, 0.05) is 12.1 Å². The molecule has 1 heterocycles. The van der Waals surface area contributed by atoms with Gasteiger partial charge in [0.05, 0.1) is 21.3 Å². The molecule has 0 saturated heterocycles. The topological polar surface area (TPSA) is 102 Å². The molecule has 0 aromatic heterocycles. The Balaban J connectivity index is 1.78. The lowest BCUT2D eigenvalue weighted by atomic mass is 10.2. The Bertz CT molecular complexity index is 871. The molecule has 0 fully saturated rings. The van der Waals surface area contributed by atoms with Crippen LogP contribution in [0.5, 0.6) is 5.75 Å². The first-order valence-corrected chi connectivity index (χ1v) is 7.59. The third-order valence-corrected chi connectivity index (χ3v) is 3.87. The van der Waals surface area contributed by atoms with Crippen molar-refractivity contribution in [1.29, 1.82) is 0 Å². The van der Waals surface area contributed by atoms with Gasteiger partial charge in [0.1, 0.15) is 12.3 Å². The number of para-hydroxylation sites is 2. The van der Waals surface area contributed by atoms with Gasteiger partial charge in [-0.1, -0.05) is 23.7 Å². The second kappa shape index (κ2) is 6.78. The largest absolute Gasteiger partial charge is 0.482 e. The van der Waals surface area contributed by atoms with E-state index in [1.807, 2.05) is 0 Å².